The Bertz CT molecular complexity index is 1100. The van der Waals surface area contributed by atoms with Crippen LogP contribution in [-0.2, 0) is 12.7 Å². The number of hydrogen-bond acceptors (Lipinski definition) is 4. The number of amides is 1. The first-order chi connectivity index (χ1) is 14.7. The first-order valence-electron chi connectivity index (χ1n) is 9.94. The molecular formula is C22H23F3N4O2. The van der Waals surface area contributed by atoms with Crippen LogP contribution in [0.15, 0.2) is 42.5 Å². The Labute approximate surface area is 177 Å². The summed E-state index contributed by atoms with van der Waals surface area (Å²) >= 11 is 0. The molecule has 6 nitrogen and oxygen atoms in total. The summed E-state index contributed by atoms with van der Waals surface area (Å²) in [7, 11) is 2.01. The molecule has 3 aromatic rings. The summed E-state index contributed by atoms with van der Waals surface area (Å²) in [6.45, 7) is 3.00. The lowest BCUT2D eigenvalue weighted by molar-refractivity contribution is -0.137. The summed E-state index contributed by atoms with van der Waals surface area (Å²) in [4.78, 5) is 19.8. The maximum atomic E-state index is 13.3. The lowest BCUT2D eigenvalue weighted by Gasteiger charge is -2.35. The monoisotopic (exact) mass is 432 g/mol. The number of aromatic hydroxyl groups is 1. The molecule has 1 aliphatic rings. The number of aromatic amines is 1. The molecule has 0 aliphatic carbocycles. The number of nitrogens with one attached hydrogen (secondary N) is 2. The highest BCUT2D eigenvalue weighted by Gasteiger charge is 2.31. The number of hydrogen-bond donors (Lipinski definition) is 3. The molecule has 4 rings (SSSR count). The number of alkyl halides is 3. The number of rotatable bonds is 4. The SMILES string of the molecule is CN1CCN(c2ccc(C(F)(F)F)cc2CNC(=O)c2cc3ccc(O)cc3[nH]2)CC1. The fourth-order valence-corrected chi connectivity index (χ4v) is 3.77. The number of carbonyl (C=O) groups is 1. The van der Waals surface area contributed by atoms with Crippen molar-refractivity contribution >= 4 is 22.5 Å². The second kappa shape index (κ2) is 8.14. The zero-order chi connectivity index (χ0) is 22.2. The maximum absolute atomic E-state index is 13.3. The summed E-state index contributed by atoms with van der Waals surface area (Å²) in [6.07, 6.45) is -4.46. The predicted octanol–water partition coefficient (Wildman–Crippen LogP) is 3.57. The van der Waals surface area contributed by atoms with Crippen LogP contribution in [0.4, 0.5) is 18.9 Å². The normalized spacial score (nSPS) is 15.4. The van der Waals surface area contributed by atoms with Gasteiger partial charge in [0.05, 0.1) is 5.56 Å². The molecule has 9 heteroatoms. The molecule has 1 aromatic heterocycles. The van der Waals surface area contributed by atoms with Gasteiger partial charge in [-0.3, -0.25) is 4.79 Å². The van der Waals surface area contributed by atoms with Crippen molar-refractivity contribution < 1.29 is 23.1 Å². The van der Waals surface area contributed by atoms with Crippen molar-refractivity contribution in [1.82, 2.24) is 15.2 Å². The van der Waals surface area contributed by atoms with Crippen molar-refractivity contribution in [2.24, 2.45) is 0 Å². The van der Waals surface area contributed by atoms with E-state index in [2.05, 4.69) is 15.2 Å². The molecule has 1 fully saturated rings. The lowest BCUT2D eigenvalue weighted by Crippen LogP contribution is -2.45. The number of benzene rings is 2. The summed E-state index contributed by atoms with van der Waals surface area (Å²) in [5.41, 5.74) is 1.25. The molecule has 0 radical (unpaired) electrons. The first-order valence-corrected chi connectivity index (χ1v) is 9.94. The third kappa shape index (κ3) is 4.61. The van der Waals surface area contributed by atoms with E-state index in [9.17, 15) is 23.1 Å². The number of fused-ring (bicyclic) bond motifs is 1. The number of halogens is 3. The van der Waals surface area contributed by atoms with Crippen LogP contribution < -0.4 is 10.2 Å². The van der Waals surface area contributed by atoms with Gasteiger partial charge in [-0.2, -0.15) is 13.2 Å². The third-order valence-electron chi connectivity index (χ3n) is 5.54. The van der Waals surface area contributed by atoms with E-state index in [0.717, 1.165) is 30.6 Å². The van der Waals surface area contributed by atoms with E-state index >= 15 is 0 Å². The Kier molecular flexibility index (Phi) is 5.53. The van der Waals surface area contributed by atoms with Crippen LogP contribution >= 0.6 is 0 Å². The number of piperazine rings is 1. The number of carbonyl (C=O) groups excluding carboxylic acids is 1. The Morgan fingerprint density at radius 2 is 1.84 bits per heavy atom. The fourth-order valence-electron chi connectivity index (χ4n) is 3.77. The standard InChI is InChI=1S/C22H23F3N4O2/c1-28-6-8-29(9-7-28)20-5-3-16(22(23,24)25)10-15(20)13-26-21(31)19-11-14-2-4-17(30)12-18(14)27-19/h2-5,10-12,27,30H,6-9,13H2,1H3,(H,26,31). The number of H-pyrrole nitrogens is 1. The van der Waals surface area contributed by atoms with E-state index < -0.39 is 17.6 Å². The quantitative estimate of drug-likeness (QED) is 0.590. The van der Waals surface area contributed by atoms with Crippen molar-refractivity contribution in [3.63, 3.8) is 0 Å². The summed E-state index contributed by atoms with van der Waals surface area (Å²) < 4.78 is 39.8. The van der Waals surface area contributed by atoms with Crippen LogP contribution in [0, 0.1) is 0 Å². The molecule has 2 heterocycles. The molecule has 3 N–H and O–H groups in total. The van der Waals surface area contributed by atoms with Gasteiger partial charge in [0.25, 0.3) is 5.91 Å². The Morgan fingerprint density at radius 3 is 2.55 bits per heavy atom. The molecule has 1 aliphatic heterocycles. The van der Waals surface area contributed by atoms with Crippen molar-refractivity contribution in [2.75, 3.05) is 38.1 Å². The van der Waals surface area contributed by atoms with E-state index in [0.29, 0.717) is 29.9 Å². The minimum Gasteiger partial charge on any atom is -0.508 e. The van der Waals surface area contributed by atoms with Crippen LogP contribution in [0.1, 0.15) is 21.6 Å². The predicted molar refractivity (Wildman–Crippen MR) is 112 cm³/mol. The van der Waals surface area contributed by atoms with Gasteiger partial charge in [-0.1, -0.05) is 0 Å². The topological polar surface area (TPSA) is 71.6 Å². The van der Waals surface area contributed by atoms with Gasteiger partial charge in [0.1, 0.15) is 11.4 Å². The molecule has 1 amide bonds. The van der Waals surface area contributed by atoms with Crippen molar-refractivity contribution in [1.29, 1.82) is 0 Å². The summed E-state index contributed by atoms with van der Waals surface area (Å²) in [5.74, 6) is -0.362. The van der Waals surface area contributed by atoms with E-state index in [1.54, 1.807) is 12.1 Å². The Hall–Kier alpha value is -3.20. The molecule has 0 saturated carbocycles. The number of anilines is 1. The number of aromatic nitrogens is 1. The van der Waals surface area contributed by atoms with Gasteiger partial charge >= 0.3 is 6.18 Å². The fraction of sp³-hybridized carbons (Fsp3) is 0.318. The van der Waals surface area contributed by atoms with E-state index in [1.807, 2.05) is 11.9 Å². The highest BCUT2D eigenvalue weighted by Crippen LogP contribution is 2.33. The van der Waals surface area contributed by atoms with Gasteiger partial charge < -0.3 is 25.2 Å². The number of likely N-dealkylation sites (N-methyl/N-ethyl adjacent to an activating group) is 1. The first kappa shape index (κ1) is 21.0. The number of phenols is 1. The molecule has 0 atom stereocenters. The summed E-state index contributed by atoms with van der Waals surface area (Å²) in [5, 5.41) is 13.0. The molecule has 31 heavy (non-hydrogen) atoms. The van der Waals surface area contributed by atoms with Gasteiger partial charge in [-0.25, -0.2) is 0 Å². The van der Waals surface area contributed by atoms with Gasteiger partial charge in [-0.05, 0) is 49.0 Å². The molecule has 2 aromatic carbocycles. The molecule has 0 bridgehead atoms. The van der Waals surface area contributed by atoms with Gasteiger partial charge in [0.2, 0.25) is 0 Å². The zero-order valence-corrected chi connectivity index (χ0v) is 17.0. The average Bonchev–Trinajstić information content (AvgIpc) is 3.15. The number of nitrogens with zero attached hydrogens (tertiary/aromatic N) is 2. The van der Waals surface area contributed by atoms with Gasteiger partial charge in [0, 0.05) is 55.4 Å². The highest BCUT2D eigenvalue weighted by atomic mass is 19.4. The van der Waals surface area contributed by atoms with Gasteiger partial charge in [-0.15, -0.1) is 0 Å². The second-order valence-electron chi connectivity index (χ2n) is 7.77. The van der Waals surface area contributed by atoms with E-state index in [-0.39, 0.29) is 18.0 Å². The van der Waals surface area contributed by atoms with Crippen LogP contribution in [0.25, 0.3) is 10.9 Å². The van der Waals surface area contributed by atoms with Crippen molar-refractivity contribution in [3.05, 3.63) is 59.3 Å². The smallest absolute Gasteiger partial charge is 0.416 e. The summed E-state index contributed by atoms with van der Waals surface area (Å²) in [6, 6.07) is 10.0. The van der Waals surface area contributed by atoms with E-state index in [4.69, 9.17) is 0 Å². The second-order valence-corrected chi connectivity index (χ2v) is 7.77. The maximum Gasteiger partial charge on any atom is 0.416 e. The molecule has 0 unspecified atom stereocenters. The van der Waals surface area contributed by atoms with Crippen LogP contribution in [0.3, 0.4) is 0 Å². The Morgan fingerprint density at radius 1 is 1.10 bits per heavy atom. The average molecular weight is 432 g/mol. The zero-order valence-electron chi connectivity index (χ0n) is 17.0. The largest absolute Gasteiger partial charge is 0.508 e. The minimum atomic E-state index is -4.46. The van der Waals surface area contributed by atoms with Crippen molar-refractivity contribution in [2.45, 2.75) is 12.7 Å². The lowest BCUT2D eigenvalue weighted by atomic mass is 10.1. The van der Waals surface area contributed by atoms with Crippen LogP contribution in [0.5, 0.6) is 5.75 Å². The highest BCUT2D eigenvalue weighted by molar-refractivity contribution is 5.98. The van der Waals surface area contributed by atoms with Crippen LogP contribution in [-0.4, -0.2) is 54.1 Å². The molecule has 0 spiro atoms. The molecule has 164 valence electrons. The Balaban J connectivity index is 1.56. The minimum absolute atomic E-state index is 0.0367. The van der Waals surface area contributed by atoms with E-state index in [1.165, 1.54) is 18.2 Å². The van der Waals surface area contributed by atoms with Crippen molar-refractivity contribution in [3.8, 4) is 5.75 Å². The number of phenolic OH excluding ortho intramolecular Hbond substituents is 1. The van der Waals surface area contributed by atoms with Gasteiger partial charge in [0.15, 0.2) is 0 Å². The molecular weight excluding hydrogens is 409 g/mol. The van der Waals surface area contributed by atoms with Crippen LogP contribution in [0.2, 0.25) is 0 Å². The molecule has 1 saturated heterocycles. The third-order valence-corrected chi connectivity index (χ3v) is 5.54.